The summed E-state index contributed by atoms with van der Waals surface area (Å²) in [4.78, 5) is 13.8. The zero-order chi connectivity index (χ0) is 21.2. The van der Waals surface area contributed by atoms with Crippen molar-refractivity contribution in [1.29, 1.82) is 0 Å². The summed E-state index contributed by atoms with van der Waals surface area (Å²) in [7, 11) is 1.68. The van der Waals surface area contributed by atoms with Crippen molar-refractivity contribution in [2.24, 2.45) is 4.99 Å². The first kappa shape index (κ1) is 25.1. The lowest BCUT2D eigenvalue weighted by atomic mass is 10.2. The summed E-state index contributed by atoms with van der Waals surface area (Å²) >= 11 is 0. The Kier molecular flexibility index (Phi) is 10.8. The first-order valence-electron chi connectivity index (χ1n) is 10.4. The first-order valence-corrected chi connectivity index (χ1v) is 10.4. The minimum Gasteiger partial charge on any atom is -0.383 e. The molecule has 2 heterocycles. The number of rotatable bonds is 8. The second-order valence-corrected chi connectivity index (χ2v) is 7.09. The summed E-state index contributed by atoms with van der Waals surface area (Å²) in [6, 6.07) is 10.8. The Morgan fingerprint density at radius 3 is 2.48 bits per heavy atom. The minimum absolute atomic E-state index is 0. The molecule has 0 atom stereocenters. The van der Waals surface area contributed by atoms with E-state index < -0.39 is 0 Å². The number of nitrogens with zero attached hydrogens (tertiary/aromatic N) is 4. The number of hydrogen-bond donors (Lipinski definition) is 2. The molecule has 31 heavy (non-hydrogen) atoms. The third kappa shape index (κ3) is 7.80. The highest BCUT2D eigenvalue weighted by Gasteiger charge is 2.18. The molecule has 1 aliphatic rings. The minimum atomic E-state index is -0.202. The average Bonchev–Trinajstić information content (AvgIpc) is 2.78. The van der Waals surface area contributed by atoms with E-state index in [0.717, 1.165) is 55.8 Å². The van der Waals surface area contributed by atoms with Gasteiger partial charge in [-0.25, -0.2) is 14.4 Å². The maximum absolute atomic E-state index is 13.2. The van der Waals surface area contributed by atoms with E-state index in [2.05, 4.69) is 36.5 Å². The zero-order valence-corrected chi connectivity index (χ0v) is 20.5. The largest absolute Gasteiger partial charge is 0.383 e. The average molecular weight is 542 g/mol. The maximum atomic E-state index is 13.2. The fourth-order valence-electron chi connectivity index (χ4n) is 3.36. The summed E-state index contributed by atoms with van der Waals surface area (Å²) < 4.78 is 18.2. The molecule has 170 valence electrons. The normalized spacial score (nSPS) is 14.2. The number of pyridine rings is 1. The molecule has 0 spiro atoms. The van der Waals surface area contributed by atoms with E-state index in [-0.39, 0.29) is 29.8 Å². The molecule has 0 saturated carbocycles. The van der Waals surface area contributed by atoms with Crippen LogP contribution >= 0.6 is 24.0 Å². The summed E-state index contributed by atoms with van der Waals surface area (Å²) in [5.41, 5.74) is 2.17. The number of ether oxygens (including phenoxy) is 1. The molecule has 1 aliphatic heterocycles. The van der Waals surface area contributed by atoms with Crippen molar-refractivity contribution in [3.8, 4) is 0 Å². The van der Waals surface area contributed by atoms with Gasteiger partial charge in [-0.05, 0) is 48.9 Å². The van der Waals surface area contributed by atoms with Crippen LogP contribution in [0.1, 0.15) is 12.5 Å². The maximum Gasteiger partial charge on any atom is 0.191 e. The molecule has 0 unspecified atom stereocenters. The van der Waals surface area contributed by atoms with Crippen LogP contribution in [0.2, 0.25) is 0 Å². The standard InChI is InChI=1S/C22H31FN6O.HI/c1-3-24-22(26-10-15-30-2)27-17-18-8-9-25-21(16-18)29-13-11-28(12-14-29)20-6-4-19(23)5-7-20;/h4-9,16H,3,10-15,17H2,1-2H3,(H2,24,26,27);1H. The lowest BCUT2D eigenvalue weighted by Gasteiger charge is -2.36. The molecule has 1 aromatic carbocycles. The van der Waals surface area contributed by atoms with Crippen LogP contribution in [0, 0.1) is 5.82 Å². The number of nitrogens with one attached hydrogen (secondary N) is 2. The molecule has 2 N–H and O–H groups in total. The van der Waals surface area contributed by atoms with E-state index in [1.54, 1.807) is 7.11 Å². The van der Waals surface area contributed by atoms with E-state index in [9.17, 15) is 4.39 Å². The van der Waals surface area contributed by atoms with Crippen LogP contribution in [0.5, 0.6) is 0 Å². The monoisotopic (exact) mass is 542 g/mol. The number of benzene rings is 1. The van der Waals surface area contributed by atoms with Crippen LogP contribution in [-0.2, 0) is 11.3 Å². The lowest BCUT2D eigenvalue weighted by molar-refractivity contribution is 0.203. The summed E-state index contributed by atoms with van der Waals surface area (Å²) in [6.07, 6.45) is 1.85. The molecule has 9 heteroatoms. The quantitative estimate of drug-likeness (QED) is 0.232. The summed E-state index contributed by atoms with van der Waals surface area (Å²) in [5, 5.41) is 6.49. The molecule has 0 bridgehead atoms. The van der Waals surface area contributed by atoms with Crippen LogP contribution in [0.15, 0.2) is 47.6 Å². The van der Waals surface area contributed by atoms with Gasteiger partial charge < -0.3 is 25.2 Å². The Bertz CT molecular complexity index is 812. The predicted octanol–water partition coefficient (Wildman–Crippen LogP) is 2.87. The molecule has 3 rings (SSSR count). The van der Waals surface area contributed by atoms with Gasteiger partial charge in [0.25, 0.3) is 0 Å². The van der Waals surface area contributed by atoms with Crippen molar-refractivity contribution < 1.29 is 9.13 Å². The number of aromatic nitrogens is 1. The van der Waals surface area contributed by atoms with Gasteiger partial charge in [-0.1, -0.05) is 0 Å². The SMILES string of the molecule is CCNC(=NCc1ccnc(N2CCN(c3ccc(F)cc3)CC2)c1)NCCOC.I. The molecule has 0 radical (unpaired) electrons. The van der Waals surface area contributed by atoms with Gasteiger partial charge in [0.15, 0.2) is 5.96 Å². The Hall–Kier alpha value is -2.14. The van der Waals surface area contributed by atoms with E-state index in [0.29, 0.717) is 19.7 Å². The molecule has 1 saturated heterocycles. The molecule has 1 fully saturated rings. The highest BCUT2D eigenvalue weighted by Crippen LogP contribution is 2.20. The first-order chi connectivity index (χ1) is 14.7. The fourth-order valence-corrected chi connectivity index (χ4v) is 3.36. The zero-order valence-electron chi connectivity index (χ0n) is 18.2. The molecule has 0 aliphatic carbocycles. The van der Waals surface area contributed by atoms with Crippen LogP contribution in [0.4, 0.5) is 15.9 Å². The topological polar surface area (TPSA) is 65.0 Å². The molecular weight excluding hydrogens is 510 g/mol. The van der Waals surface area contributed by atoms with Crippen LogP contribution in [-0.4, -0.2) is 63.9 Å². The number of anilines is 2. The van der Waals surface area contributed by atoms with E-state index in [1.807, 2.05) is 31.3 Å². The number of halogens is 2. The molecule has 0 amide bonds. The van der Waals surface area contributed by atoms with Gasteiger partial charge in [0.1, 0.15) is 11.6 Å². The highest BCUT2D eigenvalue weighted by atomic mass is 127. The number of piperazine rings is 1. The Morgan fingerprint density at radius 2 is 1.81 bits per heavy atom. The smallest absolute Gasteiger partial charge is 0.191 e. The van der Waals surface area contributed by atoms with Gasteiger partial charge in [0, 0.05) is 58.3 Å². The van der Waals surface area contributed by atoms with E-state index in [1.165, 1.54) is 12.1 Å². The molecular formula is C22H32FIN6O. The third-order valence-electron chi connectivity index (χ3n) is 4.97. The summed E-state index contributed by atoms with van der Waals surface area (Å²) in [6.45, 7) is 8.27. The molecule has 2 aromatic rings. The second kappa shape index (κ2) is 13.3. The van der Waals surface area contributed by atoms with Crippen LogP contribution in [0.3, 0.4) is 0 Å². The Labute approximate surface area is 201 Å². The van der Waals surface area contributed by atoms with Crippen LogP contribution in [0.25, 0.3) is 0 Å². The second-order valence-electron chi connectivity index (χ2n) is 7.09. The molecule has 7 nitrogen and oxygen atoms in total. The van der Waals surface area contributed by atoms with E-state index in [4.69, 9.17) is 4.74 Å². The van der Waals surface area contributed by atoms with Gasteiger partial charge >= 0.3 is 0 Å². The van der Waals surface area contributed by atoms with Crippen molar-refractivity contribution in [2.45, 2.75) is 13.5 Å². The van der Waals surface area contributed by atoms with Crippen molar-refractivity contribution >= 4 is 41.4 Å². The van der Waals surface area contributed by atoms with Crippen LogP contribution < -0.4 is 20.4 Å². The molecule has 1 aromatic heterocycles. The van der Waals surface area contributed by atoms with Gasteiger partial charge in [-0.15, -0.1) is 24.0 Å². The van der Waals surface area contributed by atoms with Gasteiger partial charge in [-0.3, -0.25) is 0 Å². The van der Waals surface area contributed by atoms with Gasteiger partial charge in [0.05, 0.1) is 13.2 Å². The number of hydrogen-bond acceptors (Lipinski definition) is 5. The predicted molar refractivity (Wildman–Crippen MR) is 135 cm³/mol. The number of aliphatic imine (C=N–C) groups is 1. The van der Waals surface area contributed by atoms with Gasteiger partial charge in [-0.2, -0.15) is 0 Å². The van der Waals surface area contributed by atoms with Gasteiger partial charge in [0.2, 0.25) is 0 Å². The third-order valence-corrected chi connectivity index (χ3v) is 4.97. The van der Waals surface area contributed by atoms with E-state index >= 15 is 0 Å². The van der Waals surface area contributed by atoms with Crippen molar-refractivity contribution in [3.05, 3.63) is 54.0 Å². The lowest BCUT2D eigenvalue weighted by Crippen LogP contribution is -2.46. The van der Waals surface area contributed by atoms with Crippen molar-refractivity contribution in [2.75, 3.05) is 62.8 Å². The summed E-state index contributed by atoms with van der Waals surface area (Å²) in [5.74, 6) is 1.55. The van der Waals surface area contributed by atoms with Crippen molar-refractivity contribution in [1.82, 2.24) is 15.6 Å². The Balaban J connectivity index is 0.00000341. The fraction of sp³-hybridized carbons (Fsp3) is 0.455. The Morgan fingerprint density at radius 1 is 1.10 bits per heavy atom. The highest BCUT2D eigenvalue weighted by molar-refractivity contribution is 14.0. The van der Waals surface area contributed by atoms with Crippen molar-refractivity contribution in [3.63, 3.8) is 0 Å². The number of methoxy groups -OCH3 is 1. The number of guanidine groups is 1.